The number of anilines is 1. The van der Waals surface area contributed by atoms with Crippen molar-refractivity contribution in [3.05, 3.63) is 70.9 Å². The number of hydrogen-bond donors (Lipinski definition) is 1. The standard InChI is InChI=1S/C29H35N5O4S2/c1-21-8-5-6-18-33(21)40(37,38)24-14-12-23(13-15-24)34(29(36)25-20-30-16-17-31-25)27(26-11-7-19-39-26)28(35)32-22-9-3-2-4-10-22/h7,11-17,19-22,27H,2-6,8-10,18H2,1H3,(H,32,35)/t21-,27-/m1/s1. The molecule has 2 amide bonds. The van der Waals surface area contributed by atoms with Gasteiger partial charge in [0, 0.05) is 41.6 Å². The smallest absolute Gasteiger partial charge is 0.279 e. The SMILES string of the molecule is C[C@@H]1CCCCN1S(=O)(=O)c1ccc(N(C(=O)c2cnccn2)[C@@H](C(=O)NC2CCCCC2)c2cccs2)cc1. The second kappa shape index (κ2) is 12.6. The number of nitrogens with one attached hydrogen (secondary N) is 1. The van der Waals surface area contributed by atoms with Crippen LogP contribution in [0.4, 0.5) is 5.69 Å². The van der Waals surface area contributed by atoms with Crippen LogP contribution in [0.2, 0.25) is 0 Å². The lowest BCUT2D eigenvalue weighted by molar-refractivity contribution is -0.123. The topological polar surface area (TPSA) is 113 Å². The maximum atomic E-state index is 14.0. The van der Waals surface area contributed by atoms with Gasteiger partial charge in [0.05, 0.1) is 11.1 Å². The lowest BCUT2D eigenvalue weighted by Crippen LogP contribution is -2.47. The molecule has 0 spiro atoms. The molecule has 3 heterocycles. The number of thiophene rings is 1. The highest BCUT2D eigenvalue weighted by atomic mass is 32.2. The zero-order valence-electron chi connectivity index (χ0n) is 22.6. The average Bonchev–Trinajstić information content (AvgIpc) is 3.51. The Morgan fingerprint density at radius 2 is 1.77 bits per heavy atom. The number of hydrogen-bond acceptors (Lipinski definition) is 7. The van der Waals surface area contributed by atoms with Gasteiger partial charge in [-0.15, -0.1) is 11.3 Å². The first-order valence-electron chi connectivity index (χ1n) is 13.9. The van der Waals surface area contributed by atoms with Crippen LogP contribution in [0.1, 0.15) is 79.7 Å². The average molecular weight is 582 g/mol. The molecule has 2 aromatic heterocycles. The second-order valence-corrected chi connectivity index (χ2v) is 13.4. The molecule has 2 aliphatic rings. The molecule has 2 atom stereocenters. The van der Waals surface area contributed by atoms with Gasteiger partial charge in [0.2, 0.25) is 15.9 Å². The van der Waals surface area contributed by atoms with E-state index in [2.05, 4.69) is 15.3 Å². The highest BCUT2D eigenvalue weighted by Gasteiger charge is 2.37. The molecule has 11 heteroatoms. The number of benzene rings is 1. The van der Waals surface area contributed by atoms with Crippen LogP contribution < -0.4 is 10.2 Å². The maximum Gasteiger partial charge on any atom is 0.279 e. The number of nitrogens with zero attached hydrogens (tertiary/aromatic N) is 4. The normalized spacial score (nSPS) is 19.6. The number of carbonyl (C=O) groups excluding carboxylic acids is 2. The molecule has 3 aromatic rings. The Labute approximate surface area is 239 Å². The molecular formula is C29H35N5O4S2. The number of piperidine rings is 1. The van der Waals surface area contributed by atoms with E-state index in [1.54, 1.807) is 16.4 Å². The van der Waals surface area contributed by atoms with E-state index in [0.717, 1.165) is 51.4 Å². The number of amides is 2. The van der Waals surface area contributed by atoms with Gasteiger partial charge in [-0.05, 0) is 68.3 Å². The van der Waals surface area contributed by atoms with Gasteiger partial charge in [-0.1, -0.05) is 31.7 Å². The predicted octanol–water partition coefficient (Wildman–Crippen LogP) is 4.94. The van der Waals surface area contributed by atoms with Gasteiger partial charge < -0.3 is 5.32 Å². The largest absolute Gasteiger partial charge is 0.351 e. The number of sulfonamides is 1. The summed E-state index contributed by atoms with van der Waals surface area (Å²) in [4.78, 5) is 38.4. The summed E-state index contributed by atoms with van der Waals surface area (Å²) in [6.07, 6.45) is 12.0. The minimum absolute atomic E-state index is 0.0521. The molecule has 0 unspecified atom stereocenters. The van der Waals surface area contributed by atoms with Crippen LogP contribution in [0.15, 0.2) is 65.3 Å². The summed E-state index contributed by atoms with van der Waals surface area (Å²) >= 11 is 1.39. The van der Waals surface area contributed by atoms with Crippen molar-refractivity contribution < 1.29 is 18.0 Å². The molecule has 2 fully saturated rings. The van der Waals surface area contributed by atoms with Gasteiger partial charge in [0.15, 0.2) is 6.04 Å². The maximum absolute atomic E-state index is 14.0. The van der Waals surface area contributed by atoms with Crippen molar-refractivity contribution in [1.29, 1.82) is 0 Å². The molecule has 40 heavy (non-hydrogen) atoms. The highest BCUT2D eigenvalue weighted by Crippen LogP contribution is 2.34. The summed E-state index contributed by atoms with van der Waals surface area (Å²) in [6, 6.07) is 8.96. The van der Waals surface area contributed by atoms with Crippen LogP contribution in [0.5, 0.6) is 0 Å². The lowest BCUT2D eigenvalue weighted by atomic mass is 9.95. The summed E-state index contributed by atoms with van der Waals surface area (Å²) in [7, 11) is -3.69. The van der Waals surface area contributed by atoms with Crippen LogP contribution >= 0.6 is 11.3 Å². The zero-order chi connectivity index (χ0) is 28.1. The van der Waals surface area contributed by atoms with Crippen molar-refractivity contribution in [2.45, 2.75) is 81.3 Å². The van der Waals surface area contributed by atoms with Crippen LogP contribution in [-0.4, -0.2) is 53.1 Å². The fourth-order valence-electron chi connectivity index (χ4n) is 5.61. The molecule has 1 aliphatic carbocycles. The minimum Gasteiger partial charge on any atom is -0.351 e. The van der Waals surface area contributed by atoms with E-state index in [-0.39, 0.29) is 28.6 Å². The van der Waals surface area contributed by atoms with E-state index < -0.39 is 22.0 Å². The van der Waals surface area contributed by atoms with Gasteiger partial charge in [0.25, 0.3) is 5.91 Å². The number of carbonyl (C=O) groups is 2. The third kappa shape index (κ3) is 6.11. The van der Waals surface area contributed by atoms with E-state index in [9.17, 15) is 18.0 Å². The Morgan fingerprint density at radius 1 is 1.02 bits per heavy atom. The number of aromatic nitrogens is 2. The molecule has 1 saturated carbocycles. The summed E-state index contributed by atoms with van der Waals surface area (Å²) in [5.74, 6) is -0.768. The highest BCUT2D eigenvalue weighted by molar-refractivity contribution is 7.89. The van der Waals surface area contributed by atoms with Crippen LogP contribution in [0.25, 0.3) is 0 Å². The van der Waals surface area contributed by atoms with Crippen molar-refractivity contribution in [3.63, 3.8) is 0 Å². The van der Waals surface area contributed by atoms with Gasteiger partial charge in [-0.3, -0.25) is 19.5 Å². The van der Waals surface area contributed by atoms with Gasteiger partial charge in [-0.2, -0.15) is 4.31 Å². The van der Waals surface area contributed by atoms with Crippen molar-refractivity contribution in [3.8, 4) is 0 Å². The molecule has 9 nitrogen and oxygen atoms in total. The first-order valence-corrected chi connectivity index (χ1v) is 16.2. The predicted molar refractivity (Wildman–Crippen MR) is 155 cm³/mol. The second-order valence-electron chi connectivity index (χ2n) is 10.5. The monoisotopic (exact) mass is 581 g/mol. The van der Waals surface area contributed by atoms with Crippen LogP contribution in [0.3, 0.4) is 0 Å². The molecule has 0 radical (unpaired) electrons. The molecule has 212 valence electrons. The van der Waals surface area contributed by atoms with E-state index in [0.29, 0.717) is 17.1 Å². The van der Waals surface area contributed by atoms with E-state index in [1.807, 2.05) is 24.4 Å². The molecule has 5 rings (SSSR count). The molecule has 0 bridgehead atoms. The zero-order valence-corrected chi connectivity index (χ0v) is 24.2. The Bertz CT molecular complexity index is 1390. The Kier molecular flexibility index (Phi) is 8.92. The summed E-state index contributed by atoms with van der Waals surface area (Å²) in [5.41, 5.74) is 0.492. The first-order chi connectivity index (χ1) is 19.4. The fraction of sp³-hybridized carbons (Fsp3) is 0.448. The minimum atomic E-state index is -3.69. The van der Waals surface area contributed by atoms with E-state index in [4.69, 9.17) is 0 Å². The fourth-order valence-corrected chi connectivity index (χ4v) is 8.12. The third-order valence-electron chi connectivity index (χ3n) is 7.74. The molecule has 1 aliphatic heterocycles. The third-order valence-corrected chi connectivity index (χ3v) is 10.7. The Balaban J connectivity index is 1.53. The van der Waals surface area contributed by atoms with Gasteiger partial charge >= 0.3 is 0 Å². The van der Waals surface area contributed by atoms with Crippen LogP contribution in [0, 0.1) is 0 Å². The van der Waals surface area contributed by atoms with Crippen molar-refractivity contribution >= 4 is 38.9 Å². The summed E-state index contributed by atoms with van der Waals surface area (Å²) in [6.45, 7) is 2.42. The van der Waals surface area contributed by atoms with Gasteiger partial charge in [0.1, 0.15) is 5.69 Å². The Hall–Kier alpha value is -3.15. The Morgan fingerprint density at radius 3 is 2.42 bits per heavy atom. The van der Waals surface area contributed by atoms with E-state index in [1.165, 1.54) is 47.0 Å². The summed E-state index contributed by atoms with van der Waals surface area (Å²) < 4.78 is 28.5. The van der Waals surface area contributed by atoms with Gasteiger partial charge in [-0.25, -0.2) is 13.4 Å². The van der Waals surface area contributed by atoms with Crippen molar-refractivity contribution in [2.24, 2.45) is 0 Å². The molecule has 1 aromatic carbocycles. The first kappa shape index (κ1) is 28.4. The molecule has 1 N–H and O–H groups in total. The quantitative estimate of drug-likeness (QED) is 0.403. The summed E-state index contributed by atoms with van der Waals surface area (Å²) in [5, 5.41) is 5.05. The molecule has 1 saturated heterocycles. The van der Waals surface area contributed by atoms with Crippen molar-refractivity contribution in [1.82, 2.24) is 19.6 Å². The lowest BCUT2D eigenvalue weighted by Gasteiger charge is -2.33. The van der Waals surface area contributed by atoms with Crippen molar-refractivity contribution in [2.75, 3.05) is 11.4 Å². The van der Waals surface area contributed by atoms with Crippen LogP contribution in [-0.2, 0) is 14.8 Å². The number of rotatable bonds is 8. The molecular weight excluding hydrogens is 546 g/mol. The van der Waals surface area contributed by atoms with E-state index >= 15 is 0 Å².